The van der Waals surface area contributed by atoms with Crippen molar-refractivity contribution in [1.82, 2.24) is 14.8 Å². The van der Waals surface area contributed by atoms with Crippen molar-refractivity contribution in [3.63, 3.8) is 0 Å². The Bertz CT molecular complexity index is 1070. The van der Waals surface area contributed by atoms with Crippen LogP contribution in [0, 0.1) is 13.8 Å². The van der Waals surface area contributed by atoms with Crippen LogP contribution in [0.1, 0.15) is 23.9 Å². The van der Waals surface area contributed by atoms with Gasteiger partial charge in [0.2, 0.25) is 5.91 Å². The Morgan fingerprint density at radius 2 is 2.00 bits per heavy atom. The SMILES string of the molecule is CCn1c(COc2cccc(C)c2C)nnc1SCC(=O)Nc1cc(Cl)ccc1OC. The monoisotopic (exact) mass is 460 g/mol. The molecule has 0 saturated carbocycles. The molecular weight excluding hydrogens is 436 g/mol. The Labute approximate surface area is 191 Å². The lowest BCUT2D eigenvalue weighted by Crippen LogP contribution is -2.15. The van der Waals surface area contributed by atoms with Gasteiger partial charge in [0.1, 0.15) is 18.1 Å². The Morgan fingerprint density at radius 1 is 1.19 bits per heavy atom. The summed E-state index contributed by atoms with van der Waals surface area (Å²) in [7, 11) is 1.54. The summed E-state index contributed by atoms with van der Waals surface area (Å²) in [6, 6.07) is 11.0. The highest BCUT2D eigenvalue weighted by Gasteiger charge is 2.15. The number of aromatic nitrogens is 3. The summed E-state index contributed by atoms with van der Waals surface area (Å²) in [5, 5.41) is 12.5. The van der Waals surface area contributed by atoms with Gasteiger partial charge in [0.25, 0.3) is 0 Å². The molecule has 9 heteroatoms. The number of ether oxygens (including phenoxy) is 2. The number of rotatable bonds is 9. The van der Waals surface area contributed by atoms with Crippen molar-refractivity contribution in [2.75, 3.05) is 18.2 Å². The molecule has 0 saturated heterocycles. The third kappa shape index (κ3) is 5.71. The number of amides is 1. The fourth-order valence-corrected chi connectivity index (χ4v) is 3.96. The van der Waals surface area contributed by atoms with Gasteiger partial charge in [-0.15, -0.1) is 10.2 Å². The molecule has 164 valence electrons. The van der Waals surface area contributed by atoms with Gasteiger partial charge < -0.3 is 19.4 Å². The predicted octanol–water partition coefficient (Wildman–Crippen LogP) is 4.89. The Morgan fingerprint density at radius 3 is 2.74 bits per heavy atom. The van der Waals surface area contributed by atoms with Crippen LogP contribution in [0.5, 0.6) is 11.5 Å². The molecule has 0 atom stereocenters. The van der Waals surface area contributed by atoms with Gasteiger partial charge in [-0.2, -0.15) is 0 Å². The van der Waals surface area contributed by atoms with Crippen LogP contribution < -0.4 is 14.8 Å². The summed E-state index contributed by atoms with van der Waals surface area (Å²) in [5.41, 5.74) is 2.81. The zero-order valence-electron chi connectivity index (χ0n) is 17.9. The average molecular weight is 461 g/mol. The molecule has 1 amide bonds. The van der Waals surface area contributed by atoms with Crippen LogP contribution in [0.2, 0.25) is 5.02 Å². The second kappa shape index (κ2) is 10.5. The lowest BCUT2D eigenvalue weighted by Gasteiger charge is -2.12. The zero-order valence-corrected chi connectivity index (χ0v) is 19.5. The van der Waals surface area contributed by atoms with Crippen molar-refractivity contribution >= 4 is 35.0 Å². The van der Waals surface area contributed by atoms with Gasteiger partial charge >= 0.3 is 0 Å². The number of carbonyl (C=O) groups excluding carboxylic acids is 1. The highest BCUT2D eigenvalue weighted by Crippen LogP contribution is 2.28. The molecule has 7 nitrogen and oxygen atoms in total. The minimum atomic E-state index is -0.190. The molecule has 0 bridgehead atoms. The van der Waals surface area contributed by atoms with Crippen LogP contribution >= 0.6 is 23.4 Å². The number of hydrogen-bond donors (Lipinski definition) is 1. The van der Waals surface area contributed by atoms with E-state index in [1.54, 1.807) is 25.3 Å². The topological polar surface area (TPSA) is 78.3 Å². The number of carbonyl (C=O) groups is 1. The van der Waals surface area contributed by atoms with Crippen molar-refractivity contribution in [3.8, 4) is 11.5 Å². The Balaban J connectivity index is 1.62. The molecule has 3 rings (SSSR count). The van der Waals surface area contributed by atoms with Crippen LogP contribution in [0.15, 0.2) is 41.6 Å². The summed E-state index contributed by atoms with van der Waals surface area (Å²) in [5.74, 6) is 2.07. The normalized spacial score (nSPS) is 10.7. The molecule has 1 heterocycles. The van der Waals surface area contributed by atoms with E-state index in [0.29, 0.717) is 40.6 Å². The van der Waals surface area contributed by atoms with E-state index in [0.717, 1.165) is 11.3 Å². The van der Waals surface area contributed by atoms with Crippen LogP contribution in [0.25, 0.3) is 0 Å². The molecule has 2 aromatic carbocycles. The number of methoxy groups -OCH3 is 1. The largest absolute Gasteiger partial charge is 0.495 e. The Hall–Kier alpha value is -2.71. The quantitative estimate of drug-likeness (QED) is 0.458. The van der Waals surface area contributed by atoms with E-state index in [2.05, 4.69) is 28.5 Å². The number of hydrogen-bond acceptors (Lipinski definition) is 6. The molecule has 3 aromatic rings. The molecule has 0 radical (unpaired) electrons. The van der Waals surface area contributed by atoms with Crippen molar-refractivity contribution in [2.24, 2.45) is 0 Å². The summed E-state index contributed by atoms with van der Waals surface area (Å²) in [4.78, 5) is 12.4. The van der Waals surface area contributed by atoms with Gasteiger partial charge in [-0.05, 0) is 56.2 Å². The summed E-state index contributed by atoms with van der Waals surface area (Å²) >= 11 is 7.33. The molecule has 0 unspecified atom stereocenters. The fourth-order valence-electron chi connectivity index (χ4n) is 2.97. The van der Waals surface area contributed by atoms with E-state index in [1.165, 1.54) is 17.3 Å². The maximum Gasteiger partial charge on any atom is 0.234 e. The fraction of sp³-hybridized carbons (Fsp3) is 0.318. The number of thioether (sulfide) groups is 1. The molecule has 0 spiro atoms. The molecule has 0 aliphatic heterocycles. The lowest BCUT2D eigenvalue weighted by atomic mass is 10.1. The maximum atomic E-state index is 12.4. The number of nitrogens with zero attached hydrogens (tertiary/aromatic N) is 3. The minimum Gasteiger partial charge on any atom is -0.495 e. The molecule has 31 heavy (non-hydrogen) atoms. The van der Waals surface area contributed by atoms with Crippen LogP contribution in [-0.2, 0) is 17.9 Å². The van der Waals surface area contributed by atoms with Gasteiger partial charge in [0.05, 0.1) is 18.6 Å². The smallest absolute Gasteiger partial charge is 0.234 e. The number of aryl methyl sites for hydroxylation is 1. The van der Waals surface area contributed by atoms with E-state index in [1.807, 2.05) is 30.5 Å². The standard InChI is InChI=1S/C22H25ClN4O3S/c1-5-27-20(12-30-18-8-6-7-14(2)15(18)3)25-26-22(27)31-13-21(28)24-17-11-16(23)9-10-19(17)29-4/h6-11H,5,12-13H2,1-4H3,(H,24,28). The molecule has 0 fully saturated rings. The minimum absolute atomic E-state index is 0.172. The van der Waals surface area contributed by atoms with Gasteiger partial charge in [-0.1, -0.05) is 35.5 Å². The second-order valence-electron chi connectivity index (χ2n) is 6.81. The predicted molar refractivity (Wildman–Crippen MR) is 123 cm³/mol. The number of benzene rings is 2. The van der Waals surface area contributed by atoms with Crippen LogP contribution in [-0.4, -0.2) is 33.5 Å². The van der Waals surface area contributed by atoms with Crippen LogP contribution in [0.3, 0.4) is 0 Å². The van der Waals surface area contributed by atoms with Gasteiger partial charge in [-0.3, -0.25) is 4.79 Å². The first-order valence-corrected chi connectivity index (χ1v) is 11.2. The molecule has 1 aromatic heterocycles. The number of anilines is 1. The summed E-state index contributed by atoms with van der Waals surface area (Å²) in [6.07, 6.45) is 0. The van der Waals surface area contributed by atoms with Gasteiger partial charge in [0, 0.05) is 11.6 Å². The Kier molecular flexibility index (Phi) is 7.81. The van der Waals surface area contributed by atoms with Crippen molar-refractivity contribution in [1.29, 1.82) is 0 Å². The van der Waals surface area contributed by atoms with Crippen molar-refractivity contribution in [2.45, 2.75) is 39.1 Å². The van der Waals surface area contributed by atoms with Crippen molar-refractivity contribution in [3.05, 3.63) is 58.4 Å². The first kappa shape index (κ1) is 23.0. The van der Waals surface area contributed by atoms with Crippen molar-refractivity contribution < 1.29 is 14.3 Å². The molecular formula is C22H25ClN4O3S. The lowest BCUT2D eigenvalue weighted by molar-refractivity contribution is -0.113. The third-order valence-electron chi connectivity index (χ3n) is 4.79. The second-order valence-corrected chi connectivity index (χ2v) is 8.19. The van der Waals surface area contributed by atoms with E-state index >= 15 is 0 Å². The van der Waals surface area contributed by atoms with Gasteiger partial charge in [-0.25, -0.2) is 0 Å². The average Bonchev–Trinajstić information content (AvgIpc) is 3.15. The number of halogens is 1. The molecule has 0 aliphatic rings. The highest BCUT2D eigenvalue weighted by atomic mass is 35.5. The maximum absolute atomic E-state index is 12.4. The molecule has 0 aliphatic carbocycles. The summed E-state index contributed by atoms with van der Waals surface area (Å²) < 4.78 is 13.2. The first-order valence-electron chi connectivity index (χ1n) is 9.80. The molecule has 1 N–H and O–H groups in total. The van der Waals surface area contributed by atoms with E-state index in [9.17, 15) is 4.79 Å². The summed E-state index contributed by atoms with van der Waals surface area (Å²) in [6.45, 7) is 7.06. The van der Waals surface area contributed by atoms with E-state index < -0.39 is 0 Å². The van der Waals surface area contributed by atoms with Gasteiger partial charge in [0.15, 0.2) is 11.0 Å². The van der Waals surface area contributed by atoms with E-state index in [4.69, 9.17) is 21.1 Å². The van der Waals surface area contributed by atoms with E-state index in [-0.39, 0.29) is 11.7 Å². The first-order chi connectivity index (χ1) is 14.9. The third-order valence-corrected chi connectivity index (χ3v) is 5.99. The zero-order chi connectivity index (χ0) is 22.4. The van der Waals surface area contributed by atoms with Crippen LogP contribution in [0.4, 0.5) is 5.69 Å². The number of nitrogens with one attached hydrogen (secondary N) is 1. The highest BCUT2D eigenvalue weighted by molar-refractivity contribution is 7.99.